The van der Waals surface area contributed by atoms with Gasteiger partial charge in [0.05, 0.1) is 0 Å². The van der Waals surface area contributed by atoms with E-state index < -0.39 is 11.0 Å². The molecule has 1 saturated heterocycles. The first-order valence-electron chi connectivity index (χ1n) is 8.75. The van der Waals surface area contributed by atoms with Crippen LogP contribution in [0.2, 0.25) is 0 Å². The first-order valence-corrected chi connectivity index (χ1v) is 8.75. The van der Waals surface area contributed by atoms with Gasteiger partial charge < -0.3 is 10.2 Å². The predicted molar refractivity (Wildman–Crippen MR) is 95.0 cm³/mol. The lowest BCUT2D eigenvalue weighted by atomic mass is 9.92. The molecule has 5 nitrogen and oxygen atoms in total. The molecule has 2 atom stereocenters. The molecule has 0 spiro atoms. The van der Waals surface area contributed by atoms with Crippen LogP contribution in [-0.2, 0) is 9.59 Å². The van der Waals surface area contributed by atoms with E-state index in [4.69, 9.17) is 0 Å². The van der Waals surface area contributed by atoms with Crippen molar-refractivity contribution in [2.24, 2.45) is 11.3 Å². The Morgan fingerprint density at radius 3 is 2.28 bits per heavy atom. The Morgan fingerprint density at radius 1 is 1.12 bits per heavy atom. The molecule has 1 heterocycles. The van der Waals surface area contributed by atoms with Gasteiger partial charge in [0, 0.05) is 17.6 Å². The number of piperidine rings is 1. The average molecular weight is 342 g/mol. The zero-order valence-electron chi connectivity index (χ0n) is 15.6. The van der Waals surface area contributed by atoms with Crippen LogP contribution in [0.15, 0.2) is 30.3 Å². The van der Waals surface area contributed by atoms with Crippen molar-refractivity contribution < 1.29 is 14.4 Å². The van der Waals surface area contributed by atoms with Gasteiger partial charge in [0.15, 0.2) is 5.78 Å². The molecule has 2 amide bonds. The third kappa shape index (κ3) is 2.75. The summed E-state index contributed by atoms with van der Waals surface area (Å²) >= 11 is 0. The van der Waals surface area contributed by atoms with Gasteiger partial charge in [0.2, 0.25) is 11.8 Å². The zero-order valence-corrected chi connectivity index (χ0v) is 15.6. The number of amides is 2. The summed E-state index contributed by atoms with van der Waals surface area (Å²) < 4.78 is 0. The number of rotatable bonds is 4. The number of carbonyl (C=O) groups excluding carboxylic acids is 3. The van der Waals surface area contributed by atoms with Crippen LogP contribution in [0.5, 0.6) is 0 Å². The van der Waals surface area contributed by atoms with Crippen molar-refractivity contribution in [3.05, 3.63) is 35.9 Å². The molecule has 0 radical (unpaired) electrons. The highest BCUT2D eigenvalue weighted by Gasteiger charge is 2.72. The number of nitrogens with one attached hydrogen (secondary N) is 1. The van der Waals surface area contributed by atoms with Crippen LogP contribution < -0.4 is 5.32 Å². The monoisotopic (exact) mass is 342 g/mol. The lowest BCUT2D eigenvalue weighted by Gasteiger charge is -2.38. The van der Waals surface area contributed by atoms with Crippen LogP contribution in [-0.4, -0.2) is 40.1 Å². The van der Waals surface area contributed by atoms with E-state index >= 15 is 0 Å². The Bertz CT molecular complexity index is 733. The number of fused-ring (bicyclic) bond motifs is 1. The quantitative estimate of drug-likeness (QED) is 0.675. The second kappa shape index (κ2) is 5.41. The second-order valence-corrected chi connectivity index (χ2v) is 8.75. The number of Topliss-reactive ketones (excluding diaryl/α,β-unsaturated/α-hetero) is 1. The molecule has 1 aliphatic carbocycles. The molecular weight excluding hydrogens is 316 g/mol. The molecule has 1 aliphatic heterocycles. The molecule has 3 rings (SSSR count). The summed E-state index contributed by atoms with van der Waals surface area (Å²) in [5.74, 6) is -0.510. The Balaban J connectivity index is 1.83. The van der Waals surface area contributed by atoms with Crippen LogP contribution in [0.3, 0.4) is 0 Å². The highest BCUT2D eigenvalue weighted by Crippen LogP contribution is 2.61. The fraction of sp³-hybridized carbons (Fsp3) is 0.550. The van der Waals surface area contributed by atoms with Gasteiger partial charge >= 0.3 is 0 Å². The Kier molecular flexibility index (Phi) is 3.82. The molecule has 1 saturated carbocycles. The number of carbonyl (C=O) groups is 3. The SMILES string of the molecule is CC(C)(C)NC(=O)C(C)(C)N1CC2CC2(C(=O)c2ccccc2)C1=O. The topological polar surface area (TPSA) is 66.5 Å². The van der Waals surface area contributed by atoms with Crippen LogP contribution in [0.4, 0.5) is 0 Å². The maximum atomic E-state index is 13.1. The summed E-state index contributed by atoms with van der Waals surface area (Å²) in [7, 11) is 0. The number of hydrogen-bond acceptors (Lipinski definition) is 3. The van der Waals surface area contributed by atoms with Gasteiger partial charge in [-0.25, -0.2) is 0 Å². The molecule has 0 bridgehead atoms. The minimum atomic E-state index is -0.984. The summed E-state index contributed by atoms with van der Waals surface area (Å²) in [4.78, 5) is 40.3. The second-order valence-electron chi connectivity index (χ2n) is 8.75. The van der Waals surface area contributed by atoms with Gasteiger partial charge in [-0.2, -0.15) is 0 Å². The van der Waals surface area contributed by atoms with E-state index in [-0.39, 0.29) is 29.1 Å². The minimum Gasteiger partial charge on any atom is -0.349 e. The molecule has 1 aromatic carbocycles. The standard InChI is InChI=1S/C20H26N2O3/c1-18(2,3)21-16(24)19(4,5)22-12-14-11-20(14,17(22)25)15(23)13-9-7-6-8-10-13/h6-10,14H,11-12H2,1-5H3,(H,21,24). The maximum absolute atomic E-state index is 13.1. The number of hydrogen-bond donors (Lipinski definition) is 1. The van der Waals surface area contributed by atoms with E-state index in [1.54, 1.807) is 43.0 Å². The molecule has 1 aromatic rings. The summed E-state index contributed by atoms with van der Waals surface area (Å²) in [5.41, 5.74) is -1.75. The van der Waals surface area contributed by atoms with Crippen molar-refractivity contribution in [2.75, 3.05) is 6.54 Å². The number of likely N-dealkylation sites (tertiary alicyclic amines) is 1. The summed E-state index contributed by atoms with van der Waals surface area (Å²) in [6.45, 7) is 9.68. The maximum Gasteiger partial charge on any atom is 0.245 e. The van der Waals surface area contributed by atoms with Crippen molar-refractivity contribution in [1.29, 1.82) is 0 Å². The third-order valence-electron chi connectivity index (χ3n) is 5.30. The van der Waals surface area contributed by atoms with E-state index in [1.165, 1.54) is 0 Å². The van der Waals surface area contributed by atoms with Crippen molar-refractivity contribution in [1.82, 2.24) is 10.2 Å². The summed E-state index contributed by atoms with van der Waals surface area (Å²) in [6, 6.07) is 8.96. The largest absolute Gasteiger partial charge is 0.349 e. The molecule has 1 N–H and O–H groups in total. The molecule has 5 heteroatoms. The smallest absolute Gasteiger partial charge is 0.245 e. The van der Waals surface area contributed by atoms with E-state index in [1.807, 2.05) is 26.8 Å². The van der Waals surface area contributed by atoms with Crippen LogP contribution >= 0.6 is 0 Å². The fourth-order valence-corrected chi connectivity index (χ4v) is 3.68. The van der Waals surface area contributed by atoms with E-state index in [0.29, 0.717) is 18.5 Å². The van der Waals surface area contributed by atoms with E-state index in [2.05, 4.69) is 5.32 Å². The number of benzene rings is 1. The lowest BCUT2D eigenvalue weighted by molar-refractivity contribution is -0.146. The lowest BCUT2D eigenvalue weighted by Crippen LogP contribution is -2.60. The highest BCUT2D eigenvalue weighted by atomic mass is 16.2. The Labute approximate surface area is 148 Å². The van der Waals surface area contributed by atoms with Crippen LogP contribution in [0.1, 0.15) is 51.4 Å². The Hall–Kier alpha value is -2.17. The van der Waals surface area contributed by atoms with Gasteiger partial charge in [0.1, 0.15) is 11.0 Å². The van der Waals surface area contributed by atoms with E-state index in [9.17, 15) is 14.4 Å². The fourth-order valence-electron chi connectivity index (χ4n) is 3.68. The molecule has 0 aromatic heterocycles. The minimum absolute atomic E-state index is 0.00872. The van der Waals surface area contributed by atoms with Crippen molar-refractivity contribution in [3.8, 4) is 0 Å². The Morgan fingerprint density at radius 2 is 1.72 bits per heavy atom. The summed E-state index contributed by atoms with van der Waals surface area (Å²) in [5, 5.41) is 2.94. The third-order valence-corrected chi connectivity index (χ3v) is 5.30. The van der Waals surface area contributed by atoms with Crippen molar-refractivity contribution in [3.63, 3.8) is 0 Å². The van der Waals surface area contributed by atoms with E-state index in [0.717, 1.165) is 0 Å². The van der Waals surface area contributed by atoms with Crippen molar-refractivity contribution >= 4 is 17.6 Å². The van der Waals surface area contributed by atoms with Gasteiger partial charge in [-0.3, -0.25) is 14.4 Å². The normalized spacial score (nSPS) is 25.6. The molecule has 2 unspecified atom stereocenters. The molecule has 134 valence electrons. The van der Waals surface area contributed by atoms with Crippen LogP contribution in [0.25, 0.3) is 0 Å². The zero-order chi connectivity index (χ0) is 18.6. The highest BCUT2D eigenvalue weighted by molar-refractivity contribution is 6.18. The van der Waals surface area contributed by atoms with Crippen LogP contribution in [0, 0.1) is 11.3 Å². The van der Waals surface area contributed by atoms with Crippen molar-refractivity contribution in [2.45, 2.75) is 52.1 Å². The van der Waals surface area contributed by atoms with Gasteiger partial charge in [-0.15, -0.1) is 0 Å². The number of ketones is 1. The van der Waals surface area contributed by atoms with Gasteiger partial charge in [-0.05, 0) is 47.0 Å². The molecule has 2 aliphatic rings. The summed E-state index contributed by atoms with van der Waals surface area (Å²) in [6.07, 6.45) is 0.590. The predicted octanol–water partition coefficient (Wildman–Crippen LogP) is 2.41. The first-order chi connectivity index (χ1) is 11.5. The molecular formula is C20H26N2O3. The van der Waals surface area contributed by atoms with Gasteiger partial charge in [-0.1, -0.05) is 30.3 Å². The number of nitrogens with zero attached hydrogens (tertiary/aromatic N) is 1. The average Bonchev–Trinajstić information content (AvgIpc) is 3.18. The molecule has 25 heavy (non-hydrogen) atoms. The first kappa shape index (κ1) is 17.6. The molecule has 2 fully saturated rings. The van der Waals surface area contributed by atoms with Gasteiger partial charge in [0.25, 0.3) is 0 Å².